The molecule has 0 aromatic carbocycles. The summed E-state index contributed by atoms with van der Waals surface area (Å²) in [5.41, 5.74) is 7.00. The van der Waals surface area contributed by atoms with E-state index in [-0.39, 0.29) is 35.5 Å². The maximum absolute atomic E-state index is 11.9. The minimum Gasteiger partial charge on any atom is -0.350 e. The number of hydrogen-bond donors (Lipinski definition) is 2. The normalized spacial score (nSPS) is 39.4. The molecule has 3 N–H and O–H groups in total. The van der Waals surface area contributed by atoms with Gasteiger partial charge in [0.05, 0.1) is 11.8 Å². The summed E-state index contributed by atoms with van der Waals surface area (Å²) in [6.07, 6.45) is 4.85. The van der Waals surface area contributed by atoms with Gasteiger partial charge >= 0.3 is 6.03 Å². The molecule has 1 heterocycles. The summed E-state index contributed by atoms with van der Waals surface area (Å²) in [6.45, 7) is 0. The number of hydrazine groups is 1. The molecule has 84 valence electrons. The first-order chi connectivity index (χ1) is 7.59. The third-order valence-corrected chi connectivity index (χ3v) is 3.69. The Balaban J connectivity index is 1.91. The van der Waals surface area contributed by atoms with E-state index in [4.69, 9.17) is 5.73 Å². The van der Waals surface area contributed by atoms with Crippen LogP contribution in [-0.4, -0.2) is 22.9 Å². The highest BCUT2D eigenvalue weighted by Gasteiger charge is 2.59. The monoisotopic (exact) mass is 221 g/mol. The summed E-state index contributed by atoms with van der Waals surface area (Å²) in [7, 11) is 0. The van der Waals surface area contributed by atoms with Crippen LogP contribution in [0.25, 0.3) is 0 Å². The lowest BCUT2D eigenvalue weighted by atomic mass is 9.85. The van der Waals surface area contributed by atoms with Gasteiger partial charge in [-0.2, -0.15) is 5.01 Å². The van der Waals surface area contributed by atoms with Crippen LogP contribution < -0.4 is 11.2 Å². The molecular formula is C10H11N3O3. The van der Waals surface area contributed by atoms with Crippen LogP contribution in [0.4, 0.5) is 4.79 Å². The van der Waals surface area contributed by atoms with E-state index in [2.05, 4.69) is 5.43 Å². The summed E-state index contributed by atoms with van der Waals surface area (Å²) in [6, 6.07) is -0.887. The minimum atomic E-state index is -0.887. The lowest BCUT2D eigenvalue weighted by molar-refractivity contribution is -0.143. The van der Waals surface area contributed by atoms with E-state index in [1.54, 1.807) is 0 Å². The van der Waals surface area contributed by atoms with E-state index in [0.29, 0.717) is 0 Å². The number of nitrogens with zero attached hydrogens (tertiary/aromatic N) is 1. The maximum Gasteiger partial charge on any atom is 0.331 e. The second-order valence-electron chi connectivity index (χ2n) is 4.49. The fraction of sp³-hybridized carbons (Fsp3) is 0.500. The number of nitrogens with two attached hydrogens (primary N) is 1. The Hall–Kier alpha value is -1.85. The van der Waals surface area contributed by atoms with Crippen molar-refractivity contribution in [2.24, 2.45) is 29.4 Å². The highest BCUT2D eigenvalue weighted by molar-refractivity contribution is 6.07. The van der Waals surface area contributed by atoms with Gasteiger partial charge in [0.2, 0.25) is 0 Å². The van der Waals surface area contributed by atoms with Gasteiger partial charge in [0.1, 0.15) is 0 Å². The Labute approximate surface area is 91.4 Å². The standard InChI is InChI=1S/C10H11N3O3/c11-10(16)12-13-8(14)6-4-1-2-5(3-4)7(6)9(13)15/h1-2,4-7H,3H2,(H3,11,12,16)/t4-,5-,6+,7+/m0/s1. The molecule has 6 heteroatoms. The summed E-state index contributed by atoms with van der Waals surface area (Å²) < 4.78 is 0. The Morgan fingerprint density at radius 1 is 1.25 bits per heavy atom. The molecular weight excluding hydrogens is 210 g/mol. The first-order valence-electron chi connectivity index (χ1n) is 5.22. The summed E-state index contributed by atoms with van der Waals surface area (Å²) >= 11 is 0. The minimum absolute atomic E-state index is 0.145. The molecule has 2 aliphatic carbocycles. The van der Waals surface area contributed by atoms with Crippen LogP contribution in [0.1, 0.15) is 6.42 Å². The number of allylic oxidation sites excluding steroid dienone is 2. The molecule has 4 atom stereocenters. The number of amides is 4. The second kappa shape index (κ2) is 2.84. The Morgan fingerprint density at radius 3 is 2.19 bits per heavy atom. The van der Waals surface area contributed by atoms with Gasteiger partial charge < -0.3 is 5.73 Å². The zero-order valence-electron chi connectivity index (χ0n) is 8.42. The summed E-state index contributed by atoms with van der Waals surface area (Å²) in [5, 5.41) is 0.782. The Kier molecular flexibility index (Phi) is 1.66. The molecule has 1 saturated carbocycles. The first kappa shape index (κ1) is 9.38. The van der Waals surface area contributed by atoms with Crippen molar-refractivity contribution in [3.63, 3.8) is 0 Å². The molecule has 2 fully saturated rings. The Morgan fingerprint density at radius 2 is 1.75 bits per heavy atom. The largest absolute Gasteiger partial charge is 0.350 e. The number of carbonyl (C=O) groups excluding carboxylic acids is 3. The average Bonchev–Trinajstić information content (AvgIpc) is 2.87. The van der Waals surface area contributed by atoms with Crippen LogP contribution in [0, 0.1) is 23.7 Å². The van der Waals surface area contributed by atoms with Gasteiger partial charge in [-0.1, -0.05) is 12.2 Å². The number of urea groups is 1. The lowest BCUT2D eigenvalue weighted by Gasteiger charge is -2.16. The third kappa shape index (κ3) is 0.986. The zero-order valence-corrected chi connectivity index (χ0v) is 8.42. The summed E-state index contributed by atoms with van der Waals surface area (Å²) in [4.78, 5) is 34.5. The van der Waals surface area contributed by atoms with E-state index >= 15 is 0 Å². The van der Waals surface area contributed by atoms with Crippen LogP contribution in [0.15, 0.2) is 12.2 Å². The number of imide groups is 1. The van der Waals surface area contributed by atoms with Crippen molar-refractivity contribution in [2.75, 3.05) is 0 Å². The van der Waals surface area contributed by atoms with Crippen LogP contribution >= 0.6 is 0 Å². The number of fused-ring (bicyclic) bond motifs is 5. The smallest absolute Gasteiger partial charge is 0.331 e. The molecule has 1 saturated heterocycles. The Bertz CT molecular complexity index is 401. The second-order valence-corrected chi connectivity index (χ2v) is 4.49. The van der Waals surface area contributed by atoms with Crippen molar-refractivity contribution in [1.82, 2.24) is 10.4 Å². The fourth-order valence-electron chi connectivity index (χ4n) is 3.12. The van der Waals surface area contributed by atoms with Crippen LogP contribution in [0.2, 0.25) is 0 Å². The highest BCUT2D eigenvalue weighted by atomic mass is 16.2. The van der Waals surface area contributed by atoms with E-state index < -0.39 is 6.03 Å². The van der Waals surface area contributed by atoms with Crippen LogP contribution in [-0.2, 0) is 9.59 Å². The van der Waals surface area contributed by atoms with Crippen molar-refractivity contribution in [1.29, 1.82) is 0 Å². The van der Waals surface area contributed by atoms with Crippen molar-refractivity contribution in [3.05, 3.63) is 12.2 Å². The average molecular weight is 221 g/mol. The molecule has 3 aliphatic rings. The molecule has 16 heavy (non-hydrogen) atoms. The van der Waals surface area contributed by atoms with E-state index in [1.165, 1.54) is 0 Å². The predicted octanol–water partition coefficient (Wildman–Crippen LogP) is -0.623. The van der Waals surface area contributed by atoms with Crippen molar-refractivity contribution < 1.29 is 14.4 Å². The van der Waals surface area contributed by atoms with Gasteiger partial charge in [-0.05, 0) is 18.3 Å². The van der Waals surface area contributed by atoms with Crippen molar-refractivity contribution in [2.45, 2.75) is 6.42 Å². The fourth-order valence-corrected chi connectivity index (χ4v) is 3.12. The number of rotatable bonds is 1. The molecule has 0 aromatic rings. The predicted molar refractivity (Wildman–Crippen MR) is 52.3 cm³/mol. The van der Waals surface area contributed by atoms with Gasteiger partial charge in [0, 0.05) is 0 Å². The van der Waals surface area contributed by atoms with E-state index in [1.807, 2.05) is 12.2 Å². The van der Waals surface area contributed by atoms with Gasteiger partial charge in [0.15, 0.2) is 0 Å². The molecule has 0 unspecified atom stereocenters. The SMILES string of the molecule is NC(=O)NN1C(=O)[C@H]2[C@H](C1=O)[C@H]1C=C[C@H]2C1. The van der Waals surface area contributed by atoms with Gasteiger partial charge in [-0.25, -0.2) is 10.2 Å². The topological polar surface area (TPSA) is 92.5 Å². The molecule has 1 aliphatic heterocycles. The van der Waals surface area contributed by atoms with E-state index in [0.717, 1.165) is 11.4 Å². The quantitative estimate of drug-likeness (QED) is 0.456. The third-order valence-electron chi connectivity index (χ3n) is 3.69. The zero-order chi connectivity index (χ0) is 11.4. The first-order valence-corrected chi connectivity index (χ1v) is 5.22. The van der Waals surface area contributed by atoms with Crippen LogP contribution in [0.5, 0.6) is 0 Å². The molecule has 0 aromatic heterocycles. The van der Waals surface area contributed by atoms with Gasteiger partial charge in [-0.3, -0.25) is 9.59 Å². The van der Waals surface area contributed by atoms with Gasteiger partial charge in [-0.15, -0.1) is 0 Å². The number of nitrogens with one attached hydrogen (secondary N) is 1. The summed E-state index contributed by atoms with van der Waals surface area (Å²) in [5.74, 6) is -0.961. The molecule has 4 amide bonds. The highest BCUT2D eigenvalue weighted by Crippen LogP contribution is 2.52. The molecule has 0 spiro atoms. The van der Waals surface area contributed by atoms with Gasteiger partial charge in [0.25, 0.3) is 11.8 Å². The number of carbonyl (C=O) groups is 3. The molecule has 0 radical (unpaired) electrons. The molecule has 6 nitrogen and oxygen atoms in total. The molecule has 3 rings (SSSR count). The van der Waals surface area contributed by atoms with Crippen molar-refractivity contribution >= 4 is 17.8 Å². The number of hydrogen-bond acceptors (Lipinski definition) is 3. The lowest BCUT2D eigenvalue weighted by Crippen LogP contribution is -2.49. The number of primary amides is 1. The van der Waals surface area contributed by atoms with Crippen molar-refractivity contribution in [3.8, 4) is 0 Å². The van der Waals surface area contributed by atoms with E-state index in [9.17, 15) is 14.4 Å². The molecule has 2 bridgehead atoms. The maximum atomic E-state index is 11.9. The van der Waals surface area contributed by atoms with Crippen LogP contribution in [0.3, 0.4) is 0 Å².